The summed E-state index contributed by atoms with van der Waals surface area (Å²) in [6, 6.07) is 0.262. The second-order valence-corrected chi connectivity index (χ2v) is 4.03. The molecule has 0 aromatic heterocycles. The average Bonchev–Trinajstić information content (AvgIpc) is 2.62. The number of hydrogen-bond donors (Lipinski definition) is 1. The van der Waals surface area contributed by atoms with E-state index in [1.165, 1.54) is 7.11 Å². The van der Waals surface area contributed by atoms with Crippen LogP contribution in [0.5, 0.6) is 0 Å². The van der Waals surface area contributed by atoms with Crippen LogP contribution >= 0.6 is 0 Å². The summed E-state index contributed by atoms with van der Waals surface area (Å²) in [5.74, 6) is 0.460. The van der Waals surface area contributed by atoms with E-state index >= 15 is 0 Å². The zero-order valence-electron chi connectivity index (χ0n) is 9.03. The van der Waals surface area contributed by atoms with Crippen LogP contribution in [0.4, 0.5) is 0 Å². The number of hydrogen-bond acceptors (Lipinski definition) is 4. The Morgan fingerprint density at radius 3 is 2.93 bits per heavy atom. The van der Waals surface area contributed by atoms with E-state index in [1.54, 1.807) is 0 Å². The molecular weight excluding hydrogens is 180 g/mol. The predicted molar refractivity (Wildman–Crippen MR) is 54.8 cm³/mol. The van der Waals surface area contributed by atoms with Crippen molar-refractivity contribution in [1.82, 2.24) is 4.90 Å². The highest BCUT2D eigenvalue weighted by Gasteiger charge is 2.25. The lowest BCUT2D eigenvalue weighted by molar-refractivity contribution is -0.140. The molecular formula is C10H20N2O2. The molecule has 1 aliphatic heterocycles. The molecule has 0 aromatic rings. The molecule has 2 N–H and O–H groups in total. The Kier molecular flexibility index (Phi) is 4.35. The molecule has 0 radical (unpaired) electrons. The molecule has 0 spiro atoms. The van der Waals surface area contributed by atoms with E-state index in [9.17, 15) is 4.79 Å². The molecule has 0 aromatic carbocycles. The van der Waals surface area contributed by atoms with Gasteiger partial charge in [-0.1, -0.05) is 0 Å². The standard InChI is InChI=1S/C10H20N2O2/c1-8(11)9-3-5-12(7-9)6-4-10(13)14-2/h8-9H,3-7,11H2,1-2H3. The molecule has 1 rings (SSSR count). The minimum Gasteiger partial charge on any atom is -0.469 e. The van der Waals surface area contributed by atoms with Gasteiger partial charge in [0.25, 0.3) is 0 Å². The van der Waals surface area contributed by atoms with Crippen molar-refractivity contribution in [3.63, 3.8) is 0 Å². The third-order valence-electron chi connectivity index (χ3n) is 2.91. The Labute approximate surface area is 85.4 Å². The highest BCUT2D eigenvalue weighted by atomic mass is 16.5. The molecule has 0 amide bonds. The van der Waals surface area contributed by atoms with Crippen LogP contribution in [0, 0.1) is 5.92 Å². The normalized spacial score (nSPS) is 24.9. The molecule has 82 valence electrons. The summed E-state index contributed by atoms with van der Waals surface area (Å²) in [7, 11) is 1.43. The van der Waals surface area contributed by atoms with Gasteiger partial charge in [0.2, 0.25) is 0 Å². The van der Waals surface area contributed by atoms with Gasteiger partial charge in [0.05, 0.1) is 13.5 Å². The van der Waals surface area contributed by atoms with Gasteiger partial charge in [-0.3, -0.25) is 4.79 Å². The van der Waals surface area contributed by atoms with E-state index in [4.69, 9.17) is 5.73 Å². The van der Waals surface area contributed by atoms with Gasteiger partial charge in [-0.2, -0.15) is 0 Å². The van der Waals surface area contributed by atoms with Crippen molar-refractivity contribution in [2.45, 2.75) is 25.8 Å². The average molecular weight is 200 g/mol. The molecule has 1 saturated heterocycles. The van der Waals surface area contributed by atoms with Crippen molar-refractivity contribution in [1.29, 1.82) is 0 Å². The quantitative estimate of drug-likeness (QED) is 0.659. The van der Waals surface area contributed by atoms with Crippen molar-refractivity contribution in [3.05, 3.63) is 0 Å². The summed E-state index contributed by atoms with van der Waals surface area (Å²) < 4.78 is 4.59. The second-order valence-electron chi connectivity index (χ2n) is 4.03. The smallest absolute Gasteiger partial charge is 0.306 e. The predicted octanol–water partition coefficient (Wildman–Crippen LogP) is 0.219. The van der Waals surface area contributed by atoms with E-state index < -0.39 is 0 Å². The maximum Gasteiger partial charge on any atom is 0.306 e. The maximum absolute atomic E-state index is 10.9. The fraction of sp³-hybridized carbons (Fsp3) is 0.900. The first kappa shape index (κ1) is 11.5. The molecule has 1 heterocycles. The van der Waals surface area contributed by atoms with Crippen molar-refractivity contribution in [3.8, 4) is 0 Å². The number of rotatable bonds is 4. The molecule has 0 bridgehead atoms. The molecule has 2 unspecified atom stereocenters. The zero-order chi connectivity index (χ0) is 10.6. The molecule has 1 aliphatic rings. The SMILES string of the molecule is COC(=O)CCN1CCC(C(C)N)C1. The van der Waals surface area contributed by atoms with Gasteiger partial charge in [-0.15, -0.1) is 0 Å². The fourth-order valence-corrected chi connectivity index (χ4v) is 1.85. The van der Waals surface area contributed by atoms with Crippen LogP contribution in [0.15, 0.2) is 0 Å². The van der Waals surface area contributed by atoms with Gasteiger partial charge in [-0.25, -0.2) is 0 Å². The number of nitrogens with zero attached hydrogens (tertiary/aromatic N) is 1. The van der Waals surface area contributed by atoms with Crippen molar-refractivity contribution >= 4 is 5.97 Å². The van der Waals surface area contributed by atoms with Gasteiger partial charge >= 0.3 is 5.97 Å². The second kappa shape index (κ2) is 5.32. The van der Waals surface area contributed by atoms with E-state index in [1.807, 2.05) is 0 Å². The van der Waals surface area contributed by atoms with Crippen molar-refractivity contribution < 1.29 is 9.53 Å². The summed E-state index contributed by atoms with van der Waals surface area (Å²) in [5, 5.41) is 0. The Morgan fingerprint density at radius 2 is 2.43 bits per heavy atom. The minimum atomic E-state index is -0.130. The third-order valence-corrected chi connectivity index (χ3v) is 2.91. The van der Waals surface area contributed by atoms with Crippen molar-refractivity contribution in [2.75, 3.05) is 26.7 Å². The molecule has 0 aliphatic carbocycles. The first-order chi connectivity index (χ1) is 6.63. The Morgan fingerprint density at radius 1 is 1.71 bits per heavy atom. The minimum absolute atomic E-state index is 0.130. The summed E-state index contributed by atoms with van der Waals surface area (Å²) in [5.41, 5.74) is 5.82. The Bertz CT molecular complexity index is 195. The van der Waals surface area contributed by atoms with Crippen LogP contribution in [-0.2, 0) is 9.53 Å². The van der Waals surface area contributed by atoms with E-state index in [0.717, 1.165) is 26.1 Å². The van der Waals surface area contributed by atoms with E-state index in [-0.39, 0.29) is 12.0 Å². The first-order valence-corrected chi connectivity index (χ1v) is 5.18. The third kappa shape index (κ3) is 3.27. The molecule has 2 atom stereocenters. The summed E-state index contributed by atoms with van der Waals surface area (Å²) in [6.45, 7) is 4.93. The molecule has 1 fully saturated rings. The maximum atomic E-state index is 10.9. The number of carbonyl (C=O) groups excluding carboxylic acids is 1. The topological polar surface area (TPSA) is 55.6 Å². The van der Waals surface area contributed by atoms with Gasteiger partial charge in [0.1, 0.15) is 0 Å². The van der Waals surface area contributed by atoms with E-state index in [0.29, 0.717) is 12.3 Å². The lowest BCUT2D eigenvalue weighted by Crippen LogP contribution is -2.30. The summed E-state index contributed by atoms with van der Waals surface area (Å²) in [6.07, 6.45) is 1.64. The lowest BCUT2D eigenvalue weighted by atomic mass is 10.0. The molecule has 0 saturated carbocycles. The Hall–Kier alpha value is -0.610. The first-order valence-electron chi connectivity index (χ1n) is 5.18. The Balaban J connectivity index is 2.19. The summed E-state index contributed by atoms with van der Waals surface area (Å²) in [4.78, 5) is 13.2. The van der Waals surface area contributed by atoms with Gasteiger partial charge < -0.3 is 15.4 Å². The van der Waals surface area contributed by atoms with Crippen LogP contribution in [-0.4, -0.2) is 43.7 Å². The fourth-order valence-electron chi connectivity index (χ4n) is 1.85. The lowest BCUT2D eigenvalue weighted by Gasteiger charge is -2.16. The zero-order valence-corrected chi connectivity index (χ0v) is 9.03. The largest absolute Gasteiger partial charge is 0.469 e. The van der Waals surface area contributed by atoms with Crippen LogP contribution in [0.25, 0.3) is 0 Å². The van der Waals surface area contributed by atoms with Crippen LogP contribution in [0.3, 0.4) is 0 Å². The number of likely N-dealkylation sites (tertiary alicyclic amines) is 1. The molecule has 4 nitrogen and oxygen atoms in total. The van der Waals surface area contributed by atoms with Crippen LogP contribution in [0.1, 0.15) is 19.8 Å². The van der Waals surface area contributed by atoms with Gasteiger partial charge in [0.15, 0.2) is 0 Å². The van der Waals surface area contributed by atoms with Crippen molar-refractivity contribution in [2.24, 2.45) is 11.7 Å². The monoisotopic (exact) mass is 200 g/mol. The van der Waals surface area contributed by atoms with Gasteiger partial charge in [0, 0.05) is 19.1 Å². The highest BCUT2D eigenvalue weighted by molar-refractivity contribution is 5.69. The molecule has 4 heteroatoms. The van der Waals surface area contributed by atoms with E-state index in [2.05, 4.69) is 16.6 Å². The van der Waals surface area contributed by atoms with Crippen LogP contribution in [0.2, 0.25) is 0 Å². The molecule has 14 heavy (non-hydrogen) atoms. The number of carbonyl (C=O) groups is 1. The number of nitrogens with two attached hydrogens (primary N) is 1. The summed E-state index contributed by atoms with van der Waals surface area (Å²) >= 11 is 0. The van der Waals surface area contributed by atoms with Gasteiger partial charge in [-0.05, 0) is 25.8 Å². The number of ether oxygens (including phenoxy) is 1. The van der Waals surface area contributed by atoms with Crippen LogP contribution < -0.4 is 5.73 Å². The number of methoxy groups -OCH3 is 1. The highest BCUT2D eigenvalue weighted by Crippen LogP contribution is 2.18. The number of esters is 1.